The highest BCUT2D eigenvalue weighted by Gasteiger charge is 2.52. The van der Waals surface area contributed by atoms with Crippen molar-refractivity contribution in [1.82, 2.24) is 0 Å². The molecule has 0 bridgehead atoms. The van der Waals surface area contributed by atoms with Gasteiger partial charge in [0.05, 0.1) is 5.41 Å². The Morgan fingerprint density at radius 2 is 1.94 bits per heavy atom. The molecule has 0 amide bonds. The van der Waals surface area contributed by atoms with Gasteiger partial charge in [-0.25, -0.2) is 0 Å². The lowest BCUT2D eigenvalue weighted by molar-refractivity contribution is -0.149. The summed E-state index contributed by atoms with van der Waals surface area (Å²) in [6, 6.07) is 5.14. The number of halogens is 2. The summed E-state index contributed by atoms with van der Waals surface area (Å²) in [4.78, 5) is 11.6. The maximum absolute atomic E-state index is 11.6. The van der Waals surface area contributed by atoms with Crippen LogP contribution in [0.25, 0.3) is 0 Å². The molecule has 0 saturated heterocycles. The highest BCUT2D eigenvalue weighted by atomic mass is 35.5. The van der Waals surface area contributed by atoms with Crippen molar-refractivity contribution in [2.45, 2.75) is 31.6 Å². The molecular formula is C13H14Cl2O2. The third kappa shape index (κ3) is 1.94. The van der Waals surface area contributed by atoms with Crippen LogP contribution in [-0.2, 0) is 10.2 Å². The lowest BCUT2D eigenvalue weighted by Gasteiger charge is -2.45. The number of benzene rings is 1. The van der Waals surface area contributed by atoms with E-state index >= 15 is 0 Å². The Morgan fingerprint density at radius 3 is 2.35 bits per heavy atom. The molecule has 17 heavy (non-hydrogen) atoms. The first-order chi connectivity index (χ1) is 8.01. The Balaban J connectivity index is 2.46. The van der Waals surface area contributed by atoms with Gasteiger partial charge in [-0.05, 0) is 30.9 Å². The quantitative estimate of drug-likeness (QED) is 0.898. The molecule has 0 unspecified atom stereocenters. The summed E-state index contributed by atoms with van der Waals surface area (Å²) >= 11 is 12.2. The van der Waals surface area contributed by atoms with E-state index < -0.39 is 11.4 Å². The fraction of sp³-hybridized carbons (Fsp3) is 0.462. The zero-order valence-corrected chi connectivity index (χ0v) is 11.1. The number of aliphatic carboxylic acids is 1. The Hall–Kier alpha value is -0.730. The molecular weight excluding hydrogens is 259 g/mol. The molecule has 0 spiro atoms. The van der Waals surface area contributed by atoms with E-state index in [0.29, 0.717) is 34.4 Å². The van der Waals surface area contributed by atoms with Crippen LogP contribution >= 0.6 is 23.2 Å². The Bertz CT molecular complexity index is 430. The molecule has 1 aromatic rings. The van der Waals surface area contributed by atoms with Crippen molar-refractivity contribution in [2.24, 2.45) is 5.92 Å². The van der Waals surface area contributed by atoms with Crippen LogP contribution in [0, 0.1) is 5.92 Å². The molecule has 2 rings (SSSR count). The standard InChI is InChI=1S/C13H14Cl2O2/c1-2-8-6-13(7-8,12(16)17)11-9(14)4-3-5-10(11)15/h3-5,8H,2,6-7H2,1H3,(H,16,17). The van der Waals surface area contributed by atoms with E-state index in [0.717, 1.165) is 6.42 Å². The molecule has 2 nitrogen and oxygen atoms in total. The predicted octanol–water partition coefficient (Wildman–Crippen LogP) is 4.14. The minimum Gasteiger partial charge on any atom is -0.481 e. The Labute approximate surface area is 111 Å². The zero-order chi connectivity index (χ0) is 12.6. The van der Waals surface area contributed by atoms with Crippen molar-refractivity contribution in [3.63, 3.8) is 0 Å². The molecule has 1 aliphatic carbocycles. The molecule has 4 heteroatoms. The van der Waals surface area contributed by atoms with E-state index in [1.165, 1.54) is 0 Å². The first-order valence-corrected chi connectivity index (χ1v) is 6.44. The lowest BCUT2D eigenvalue weighted by atomic mass is 9.58. The summed E-state index contributed by atoms with van der Waals surface area (Å²) in [5, 5.41) is 10.4. The number of hydrogen-bond acceptors (Lipinski definition) is 1. The fourth-order valence-corrected chi connectivity index (χ4v) is 3.41. The molecule has 1 saturated carbocycles. The second kappa shape index (κ2) is 4.51. The molecule has 1 N–H and O–H groups in total. The van der Waals surface area contributed by atoms with Crippen LogP contribution in [0.2, 0.25) is 10.0 Å². The summed E-state index contributed by atoms with van der Waals surface area (Å²) in [7, 11) is 0. The summed E-state index contributed by atoms with van der Waals surface area (Å²) < 4.78 is 0. The molecule has 1 fully saturated rings. The van der Waals surface area contributed by atoms with Crippen LogP contribution < -0.4 is 0 Å². The van der Waals surface area contributed by atoms with Gasteiger partial charge in [-0.15, -0.1) is 0 Å². The van der Waals surface area contributed by atoms with Gasteiger partial charge in [-0.3, -0.25) is 4.79 Å². The van der Waals surface area contributed by atoms with E-state index in [9.17, 15) is 9.90 Å². The van der Waals surface area contributed by atoms with Gasteiger partial charge in [0.25, 0.3) is 0 Å². The van der Waals surface area contributed by atoms with Crippen LogP contribution in [0.15, 0.2) is 18.2 Å². The molecule has 0 aromatic heterocycles. The second-order valence-electron chi connectivity index (χ2n) is 4.67. The van der Waals surface area contributed by atoms with Crippen molar-refractivity contribution in [3.8, 4) is 0 Å². The van der Waals surface area contributed by atoms with Gasteiger partial charge in [0.15, 0.2) is 0 Å². The molecule has 1 aromatic carbocycles. The highest BCUT2D eigenvalue weighted by molar-refractivity contribution is 6.36. The van der Waals surface area contributed by atoms with Gasteiger partial charge in [-0.2, -0.15) is 0 Å². The monoisotopic (exact) mass is 272 g/mol. The Morgan fingerprint density at radius 1 is 1.41 bits per heavy atom. The fourth-order valence-electron chi connectivity index (χ4n) is 2.66. The van der Waals surface area contributed by atoms with E-state index in [2.05, 4.69) is 6.92 Å². The average molecular weight is 273 g/mol. The molecule has 0 atom stereocenters. The van der Waals surface area contributed by atoms with Crippen molar-refractivity contribution in [2.75, 3.05) is 0 Å². The smallest absolute Gasteiger partial charge is 0.314 e. The number of hydrogen-bond donors (Lipinski definition) is 1. The van der Waals surface area contributed by atoms with Gasteiger partial charge in [0.1, 0.15) is 0 Å². The maximum Gasteiger partial charge on any atom is 0.314 e. The van der Waals surface area contributed by atoms with Gasteiger partial charge in [0.2, 0.25) is 0 Å². The van der Waals surface area contributed by atoms with E-state index in [-0.39, 0.29) is 0 Å². The lowest BCUT2D eigenvalue weighted by Crippen LogP contribution is -2.48. The summed E-state index contributed by atoms with van der Waals surface area (Å²) in [5.41, 5.74) is -0.295. The van der Waals surface area contributed by atoms with Crippen LogP contribution in [0.3, 0.4) is 0 Å². The minimum absolute atomic E-state index is 0.453. The Kier molecular flexibility index (Phi) is 3.37. The molecule has 0 aliphatic heterocycles. The van der Waals surface area contributed by atoms with Gasteiger partial charge in [0, 0.05) is 15.6 Å². The van der Waals surface area contributed by atoms with Crippen molar-refractivity contribution in [3.05, 3.63) is 33.8 Å². The number of rotatable bonds is 3. The normalized spacial score (nSPS) is 27.6. The summed E-state index contributed by atoms with van der Waals surface area (Å²) in [6.45, 7) is 2.07. The van der Waals surface area contributed by atoms with Gasteiger partial charge < -0.3 is 5.11 Å². The van der Waals surface area contributed by atoms with Crippen molar-refractivity contribution in [1.29, 1.82) is 0 Å². The van der Waals surface area contributed by atoms with Crippen LogP contribution in [0.1, 0.15) is 31.7 Å². The first kappa shape index (κ1) is 12.7. The number of carbonyl (C=O) groups is 1. The van der Waals surface area contributed by atoms with E-state index in [1.54, 1.807) is 18.2 Å². The second-order valence-corrected chi connectivity index (χ2v) is 5.48. The largest absolute Gasteiger partial charge is 0.481 e. The predicted molar refractivity (Wildman–Crippen MR) is 68.8 cm³/mol. The van der Waals surface area contributed by atoms with Crippen molar-refractivity contribution >= 4 is 29.2 Å². The molecule has 92 valence electrons. The third-order valence-electron chi connectivity index (χ3n) is 3.70. The van der Waals surface area contributed by atoms with Crippen LogP contribution in [0.5, 0.6) is 0 Å². The minimum atomic E-state index is -0.879. The first-order valence-electron chi connectivity index (χ1n) is 5.69. The number of carboxylic acids is 1. The van der Waals surface area contributed by atoms with Gasteiger partial charge >= 0.3 is 5.97 Å². The average Bonchev–Trinajstić information content (AvgIpc) is 2.20. The van der Waals surface area contributed by atoms with Crippen LogP contribution in [0.4, 0.5) is 0 Å². The maximum atomic E-state index is 11.6. The third-order valence-corrected chi connectivity index (χ3v) is 4.33. The summed E-state index contributed by atoms with van der Waals surface area (Å²) in [5.74, 6) is -0.365. The topological polar surface area (TPSA) is 37.3 Å². The molecule has 0 radical (unpaired) electrons. The zero-order valence-electron chi connectivity index (χ0n) is 9.54. The molecule has 1 aliphatic rings. The van der Waals surface area contributed by atoms with Crippen LogP contribution in [-0.4, -0.2) is 11.1 Å². The summed E-state index contributed by atoms with van der Waals surface area (Å²) in [6.07, 6.45) is 2.25. The van der Waals surface area contributed by atoms with Crippen molar-refractivity contribution < 1.29 is 9.90 Å². The number of carboxylic acid groups (broad SMARTS) is 1. The SMILES string of the molecule is CCC1CC(C(=O)O)(c2c(Cl)cccc2Cl)C1. The van der Waals surface area contributed by atoms with E-state index in [1.807, 2.05) is 0 Å². The highest BCUT2D eigenvalue weighted by Crippen LogP contribution is 2.53. The van der Waals surface area contributed by atoms with E-state index in [4.69, 9.17) is 23.2 Å². The molecule has 0 heterocycles. The van der Waals surface area contributed by atoms with Gasteiger partial charge in [-0.1, -0.05) is 42.6 Å².